The number of nitrogens with zero attached hydrogens (tertiary/aromatic N) is 4. The summed E-state index contributed by atoms with van der Waals surface area (Å²) in [5.41, 5.74) is 0.683. The zero-order valence-corrected chi connectivity index (χ0v) is 67.1. The summed E-state index contributed by atoms with van der Waals surface area (Å²) in [7, 11) is 0. The molecular formula is C88H105N11O15. The minimum atomic E-state index is -1.73. The van der Waals surface area contributed by atoms with Crippen LogP contribution < -0.4 is 36.6 Å². The molecule has 0 bridgehead atoms. The van der Waals surface area contributed by atoms with E-state index in [2.05, 4.69) is 36.9 Å². The predicted molar refractivity (Wildman–Crippen MR) is 431 cm³/mol. The van der Waals surface area contributed by atoms with Crippen LogP contribution >= 0.6 is 0 Å². The van der Waals surface area contributed by atoms with E-state index in [1.165, 1.54) is 10.8 Å². The maximum absolute atomic E-state index is 16.1. The molecule has 0 spiro atoms. The van der Waals surface area contributed by atoms with Crippen LogP contribution in [0.4, 0.5) is 9.59 Å². The quantitative estimate of drug-likeness (QED) is 0.0194. The first kappa shape index (κ1) is 84.5. The zero-order valence-electron chi connectivity index (χ0n) is 67.1. The summed E-state index contributed by atoms with van der Waals surface area (Å²) in [6.07, 6.45) is 3.30. The molecule has 3 aromatic heterocycles. The molecule has 1 aliphatic rings. The Bertz CT molecular complexity index is 4810. The molecule has 0 unspecified atom stereocenters. The number of H-pyrrole nitrogens is 1. The number of amides is 8. The van der Waals surface area contributed by atoms with Crippen LogP contribution in [0.15, 0.2) is 189 Å². The van der Waals surface area contributed by atoms with Crippen LogP contribution in [0.3, 0.4) is 0 Å². The highest BCUT2D eigenvalue weighted by Crippen LogP contribution is 2.41. The van der Waals surface area contributed by atoms with Crippen molar-refractivity contribution in [2.45, 2.75) is 212 Å². The zero-order chi connectivity index (χ0) is 82.6. The summed E-state index contributed by atoms with van der Waals surface area (Å²) >= 11 is 0. The third-order valence-corrected chi connectivity index (χ3v) is 19.0. The Balaban J connectivity index is 1.06. The van der Waals surface area contributed by atoms with E-state index >= 15 is 24.0 Å². The molecule has 7 atom stereocenters. The molecule has 1 fully saturated rings. The van der Waals surface area contributed by atoms with Crippen molar-refractivity contribution in [3.8, 4) is 5.75 Å². The van der Waals surface area contributed by atoms with Crippen molar-refractivity contribution >= 4 is 81.3 Å². The van der Waals surface area contributed by atoms with Crippen molar-refractivity contribution in [2.75, 3.05) is 6.61 Å². The van der Waals surface area contributed by atoms with E-state index < -0.39 is 143 Å². The number of carboxylic acids is 1. The average molecular weight is 1560 g/mol. The molecule has 0 saturated carbocycles. The number of para-hydroxylation sites is 2. The molecular weight excluding hydrogens is 1450 g/mol. The highest BCUT2D eigenvalue weighted by atomic mass is 16.6. The minimum Gasteiger partial charge on any atom is -0.488 e. The molecule has 9 aromatic rings. The molecule has 602 valence electrons. The van der Waals surface area contributed by atoms with Crippen molar-refractivity contribution in [1.82, 2.24) is 55.9 Å². The van der Waals surface area contributed by atoms with Gasteiger partial charge in [-0.15, -0.1) is 0 Å². The lowest BCUT2D eigenvalue weighted by molar-refractivity contribution is -0.143. The van der Waals surface area contributed by atoms with Crippen LogP contribution in [0.5, 0.6) is 5.75 Å². The van der Waals surface area contributed by atoms with E-state index in [9.17, 15) is 29.1 Å². The summed E-state index contributed by atoms with van der Waals surface area (Å²) in [4.78, 5) is 156. The molecule has 0 aliphatic carbocycles. The van der Waals surface area contributed by atoms with Gasteiger partial charge in [0.2, 0.25) is 41.4 Å². The van der Waals surface area contributed by atoms with Crippen molar-refractivity contribution < 1.29 is 72.0 Å². The predicted octanol–water partition coefficient (Wildman–Crippen LogP) is 11.2. The number of imide groups is 1. The van der Waals surface area contributed by atoms with Crippen LogP contribution in [0.1, 0.15) is 155 Å². The van der Waals surface area contributed by atoms with Gasteiger partial charge in [-0.3, -0.25) is 38.1 Å². The number of carbonyl (C=O) groups excluding carboxylic acids is 9. The van der Waals surface area contributed by atoms with E-state index in [1.54, 1.807) is 130 Å². The first-order valence-corrected chi connectivity index (χ1v) is 38.4. The van der Waals surface area contributed by atoms with Crippen molar-refractivity contribution in [3.63, 3.8) is 0 Å². The van der Waals surface area contributed by atoms with Gasteiger partial charge >= 0.3 is 18.2 Å². The summed E-state index contributed by atoms with van der Waals surface area (Å²) < 4.78 is 27.1. The lowest BCUT2D eigenvalue weighted by atomic mass is 9.77. The van der Waals surface area contributed by atoms with Crippen molar-refractivity contribution in [1.29, 1.82) is 0 Å². The summed E-state index contributed by atoms with van der Waals surface area (Å²) in [6, 6.07) is 39.4. The van der Waals surface area contributed by atoms with Gasteiger partial charge in [-0.2, -0.15) is 0 Å². The van der Waals surface area contributed by atoms with Crippen LogP contribution in [0.25, 0.3) is 21.8 Å². The Labute approximate surface area is 664 Å². The molecule has 8 amide bonds. The van der Waals surface area contributed by atoms with Gasteiger partial charge in [0.05, 0.1) is 29.7 Å². The number of aromatic amines is 1. The van der Waals surface area contributed by atoms with E-state index in [0.29, 0.717) is 33.3 Å². The molecule has 0 radical (unpaired) electrons. The molecule has 114 heavy (non-hydrogen) atoms. The standard InChI is InChI=1S/C88H105N11O15/c1-54(2)44-70(81(107)108)95-76(102)67(46-56-49-89-65-36-26-24-34-63(56)65)92-75(101)66(45-55-38-40-62(41-39-55)112-85(6,7)8)91-79(105)71(52-111-84(3,4)5)96-77(103)68(47-57-50-98(82(109)113-86(9,10)11)72-37-27-25-35-64(57)72)93-78(104)69(94-80(106)73-42-43-74(100)99(73)83(110)114-87(12,13)14)48-61-51-97(53-90-61)88(58-28-18-15-19-29-58,59-30-20-16-21-31-59)60-32-22-17-23-33-60/h15-41,49-51,53-54,66-71,73,89H,42-48,52H2,1-14H3,(H,91,105)(H,92,101)(H,93,104)(H,94,106)(H,95,102)(H,96,103)(H,107,108)/t66-,67+,68-,69-,70-,71-,73-/m0/s1. The van der Waals surface area contributed by atoms with Gasteiger partial charge in [0.25, 0.3) is 0 Å². The van der Waals surface area contributed by atoms with Crippen LogP contribution in [-0.4, -0.2) is 160 Å². The number of rotatable bonds is 30. The average Bonchev–Trinajstić information content (AvgIpc) is 1.27. The second-order valence-electron chi connectivity index (χ2n) is 33.2. The van der Waals surface area contributed by atoms with E-state index in [1.807, 2.05) is 154 Å². The SMILES string of the molecule is CC(C)C[C@H](NC(=O)[C@@H](Cc1c[nH]c2ccccc12)NC(=O)[C@H](Cc1ccc(OC(C)(C)C)cc1)NC(=O)[C@H](COC(C)(C)C)NC(=O)[C@H](Cc1cn(C(=O)OC(C)(C)C)c2ccccc12)NC(=O)[C@H](Cc1cn(C(c2ccccc2)(c2ccccc2)c2ccccc2)cn1)NC(=O)[C@@H]1CCC(=O)N1C(=O)OC(C)(C)C)C(=O)O. The Hall–Kier alpha value is -11.9. The van der Waals surface area contributed by atoms with Gasteiger partial charge in [0, 0.05) is 67.0 Å². The number of nitrogens with one attached hydrogen (secondary N) is 7. The van der Waals surface area contributed by atoms with Crippen LogP contribution in [-0.2, 0) is 83.8 Å². The minimum absolute atomic E-state index is 0.0660. The highest BCUT2D eigenvalue weighted by molar-refractivity contribution is 6.03. The highest BCUT2D eigenvalue weighted by Gasteiger charge is 2.45. The Morgan fingerprint density at radius 1 is 0.509 bits per heavy atom. The number of hydrogen-bond acceptors (Lipinski definition) is 15. The third-order valence-electron chi connectivity index (χ3n) is 19.0. The largest absolute Gasteiger partial charge is 0.488 e. The molecule has 1 saturated heterocycles. The maximum Gasteiger partial charge on any atom is 0.419 e. The number of ether oxygens (including phenoxy) is 4. The van der Waals surface area contributed by atoms with Gasteiger partial charge in [-0.25, -0.2) is 24.3 Å². The number of carboxylic acid groups (broad SMARTS) is 1. The van der Waals surface area contributed by atoms with Crippen LogP contribution in [0, 0.1) is 5.92 Å². The van der Waals surface area contributed by atoms with E-state index in [4.69, 9.17) is 23.9 Å². The number of imidazole rings is 1. The van der Waals surface area contributed by atoms with Crippen molar-refractivity contribution in [2.24, 2.45) is 5.92 Å². The third kappa shape index (κ3) is 21.8. The fourth-order valence-electron chi connectivity index (χ4n) is 13.9. The normalized spacial score (nSPS) is 15.1. The van der Waals surface area contributed by atoms with Crippen LogP contribution in [0.2, 0.25) is 0 Å². The second kappa shape index (κ2) is 35.8. The summed E-state index contributed by atoms with van der Waals surface area (Å²) in [5, 5.41) is 28.5. The van der Waals surface area contributed by atoms with Gasteiger partial charge in [-0.05, 0) is 159 Å². The Kier molecular flexibility index (Phi) is 26.6. The molecule has 4 heterocycles. The number of benzene rings is 6. The topological polar surface area (TPSA) is 342 Å². The number of aliphatic carboxylic acids is 1. The molecule has 8 N–H and O–H groups in total. The first-order chi connectivity index (χ1) is 53.8. The number of aromatic nitrogens is 4. The molecule has 1 aliphatic heterocycles. The fraction of sp³-hybridized carbons (Fsp3) is 0.398. The van der Waals surface area contributed by atoms with Gasteiger partial charge in [0.15, 0.2) is 0 Å². The van der Waals surface area contributed by atoms with E-state index in [-0.39, 0.29) is 50.1 Å². The maximum atomic E-state index is 16.1. The monoisotopic (exact) mass is 1560 g/mol. The second-order valence-corrected chi connectivity index (χ2v) is 33.2. The van der Waals surface area contributed by atoms with Crippen molar-refractivity contribution in [3.05, 3.63) is 228 Å². The fourth-order valence-corrected chi connectivity index (χ4v) is 13.9. The lowest BCUT2D eigenvalue weighted by Crippen LogP contribution is -2.61. The Morgan fingerprint density at radius 3 is 1.51 bits per heavy atom. The number of likely N-dealkylation sites (tertiary alicyclic amines) is 1. The van der Waals surface area contributed by atoms with Gasteiger partial charge < -0.3 is 65.5 Å². The number of fused-ring (bicyclic) bond motifs is 2. The summed E-state index contributed by atoms with van der Waals surface area (Å²) in [6.45, 7) is 23.9. The van der Waals surface area contributed by atoms with E-state index in [0.717, 1.165) is 32.5 Å². The number of hydrogen-bond donors (Lipinski definition) is 8. The molecule has 26 nitrogen and oxygen atoms in total. The van der Waals surface area contributed by atoms with Gasteiger partial charge in [0.1, 0.15) is 70.4 Å². The first-order valence-electron chi connectivity index (χ1n) is 38.4. The Morgan fingerprint density at radius 2 is 0.982 bits per heavy atom. The molecule has 26 heteroatoms. The lowest BCUT2D eigenvalue weighted by Gasteiger charge is -2.37. The smallest absolute Gasteiger partial charge is 0.419 e. The number of carbonyl (C=O) groups is 10. The molecule has 10 rings (SSSR count). The summed E-state index contributed by atoms with van der Waals surface area (Å²) in [5.74, 6) is -7.16. The molecule has 6 aromatic carbocycles. The van der Waals surface area contributed by atoms with Gasteiger partial charge in [-0.1, -0.05) is 153 Å².